The van der Waals surface area contributed by atoms with Crippen LogP contribution in [0.5, 0.6) is 28.7 Å². The Kier molecular flexibility index (Phi) is 20.8. The summed E-state index contributed by atoms with van der Waals surface area (Å²) >= 11 is 0. The third-order valence-electron chi connectivity index (χ3n) is 10.7. The number of esters is 3. The molecule has 0 saturated heterocycles. The number of nitrogens with zero attached hydrogens (tertiary/aromatic N) is 2. The summed E-state index contributed by atoms with van der Waals surface area (Å²) in [6, 6.07) is 33.4. The van der Waals surface area contributed by atoms with Crippen LogP contribution in [-0.4, -0.2) is 81.2 Å². The second-order valence-electron chi connectivity index (χ2n) is 15.9. The third-order valence-corrected chi connectivity index (χ3v) is 10.7. The predicted octanol–water partition coefficient (Wildman–Crippen LogP) is 11.6. The maximum Gasteiger partial charge on any atom is 0.343 e. The average molecular weight is 937 g/mol. The van der Waals surface area contributed by atoms with Crippen LogP contribution in [-0.2, 0) is 19.0 Å². The molecule has 0 N–H and O–H groups in total. The lowest BCUT2D eigenvalue weighted by atomic mass is 10.0. The molecule has 0 unspecified atom stereocenters. The molecule has 0 spiro atoms. The van der Waals surface area contributed by atoms with Crippen molar-refractivity contribution in [3.05, 3.63) is 152 Å². The van der Waals surface area contributed by atoms with Crippen LogP contribution in [0.3, 0.4) is 0 Å². The van der Waals surface area contributed by atoms with E-state index in [4.69, 9.17) is 47.9 Å². The number of ether oxygens (including phenoxy) is 8. The van der Waals surface area contributed by atoms with Crippen LogP contribution in [0, 0.1) is 0 Å². The van der Waals surface area contributed by atoms with E-state index in [2.05, 4.69) is 13.2 Å². The number of aromatic nitrogens is 2. The second-order valence-corrected chi connectivity index (χ2v) is 15.9. The molecule has 0 radical (unpaired) electrons. The fourth-order valence-electron chi connectivity index (χ4n) is 7.02. The Hall–Kier alpha value is -7.35. The summed E-state index contributed by atoms with van der Waals surface area (Å²) < 4.78 is 45.1. The minimum Gasteiger partial charge on any atom is -0.494 e. The van der Waals surface area contributed by atoms with E-state index in [1.807, 2.05) is 36.4 Å². The minimum atomic E-state index is -0.542. The summed E-state index contributed by atoms with van der Waals surface area (Å²) in [7, 11) is 1.62. The highest BCUT2D eigenvalue weighted by Crippen LogP contribution is 2.35. The molecule has 0 amide bonds. The van der Waals surface area contributed by atoms with Gasteiger partial charge in [-0.2, -0.15) is 0 Å². The van der Waals surface area contributed by atoms with Crippen molar-refractivity contribution in [3.8, 4) is 51.3 Å². The van der Waals surface area contributed by atoms with Gasteiger partial charge in [-0.15, -0.1) is 6.58 Å². The standard InChI is InChI=1S/C56H60N2O11/c1-4-6-7-8-9-12-31-64-45-25-21-42(22-26-45)56(61)69-49-20-16-18-44(39-49)54-53(57-50-30-29-47(40-51(50)58-54)66-37-36-63-35-34-62-3)43-17-15-19-48(38-43)68-55(60)41-23-27-46(28-24-41)65-32-13-10-11-14-33-67-52(59)5-2/h4-5,15-30,38-40H,1-2,6-14,31-37H2,3H3. The summed E-state index contributed by atoms with van der Waals surface area (Å²) in [5.74, 6) is 1.06. The zero-order valence-corrected chi connectivity index (χ0v) is 39.2. The van der Waals surface area contributed by atoms with Crippen LogP contribution in [0.2, 0.25) is 0 Å². The third kappa shape index (κ3) is 16.7. The predicted molar refractivity (Wildman–Crippen MR) is 265 cm³/mol. The molecular formula is C56H60N2O11. The first-order valence-electron chi connectivity index (χ1n) is 23.4. The van der Waals surface area contributed by atoms with Gasteiger partial charge < -0.3 is 37.9 Å². The zero-order valence-electron chi connectivity index (χ0n) is 39.2. The molecule has 6 rings (SSSR count). The Morgan fingerprint density at radius 2 is 1.00 bits per heavy atom. The number of carbonyl (C=O) groups is 3. The largest absolute Gasteiger partial charge is 0.494 e. The number of unbranched alkanes of at least 4 members (excludes halogenated alkanes) is 7. The summed E-state index contributed by atoms with van der Waals surface area (Å²) in [5, 5.41) is 0. The molecule has 13 heteroatoms. The van der Waals surface area contributed by atoms with E-state index in [-0.39, 0.29) is 0 Å². The van der Waals surface area contributed by atoms with Gasteiger partial charge in [-0.1, -0.05) is 49.8 Å². The number of hydrogen-bond acceptors (Lipinski definition) is 13. The fourth-order valence-corrected chi connectivity index (χ4v) is 7.02. The summed E-state index contributed by atoms with van der Waals surface area (Å²) in [6.07, 6.45) is 11.9. The van der Waals surface area contributed by atoms with Gasteiger partial charge in [0.15, 0.2) is 0 Å². The fraction of sp³-hybridized carbons (Fsp3) is 0.304. The van der Waals surface area contributed by atoms with Crippen molar-refractivity contribution in [2.24, 2.45) is 0 Å². The van der Waals surface area contributed by atoms with E-state index >= 15 is 0 Å². The molecule has 0 aliphatic rings. The normalized spacial score (nSPS) is 10.9. The maximum atomic E-state index is 13.4. The molecule has 13 nitrogen and oxygen atoms in total. The van der Waals surface area contributed by atoms with E-state index in [0.29, 0.717) is 120 Å². The molecule has 0 aliphatic carbocycles. The van der Waals surface area contributed by atoms with E-state index in [0.717, 1.165) is 63.9 Å². The molecule has 5 aromatic carbocycles. The molecule has 0 bridgehead atoms. The molecule has 0 aliphatic heterocycles. The van der Waals surface area contributed by atoms with Crippen molar-refractivity contribution in [1.82, 2.24) is 9.97 Å². The van der Waals surface area contributed by atoms with Gasteiger partial charge in [0, 0.05) is 30.4 Å². The zero-order chi connectivity index (χ0) is 48.5. The number of rotatable bonds is 30. The molecule has 0 saturated carbocycles. The van der Waals surface area contributed by atoms with Gasteiger partial charge in [-0.05, 0) is 130 Å². The van der Waals surface area contributed by atoms with E-state index in [1.165, 1.54) is 0 Å². The van der Waals surface area contributed by atoms with Crippen molar-refractivity contribution in [2.75, 3.05) is 53.4 Å². The Balaban J connectivity index is 1.15. The van der Waals surface area contributed by atoms with E-state index in [1.54, 1.807) is 92.0 Å². The lowest BCUT2D eigenvalue weighted by Crippen LogP contribution is -2.10. The van der Waals surface area contributed by atoms with Crippen molar-refractivity contribution in [1.29, 1.82) is 0 Å². The van der Waals surface area contributed by atoms with Crippen molar-refractivity contribution >= 4 is 28.9 Å². The molecule has 6 aromatic rings. The van der Waals surface area contributed by atoms with Gasteiger partial charge in [0.05, 0.1) is 73.2 Å². The Bertz CT molecular complexity index is 2600. The smallest absolute Gasteiger partial charge is 0.343 e. The Morgan fingerprint density at radius 1 is 0.493 bits per heavy atom. The molecular weight excluding hydrogens is 877 g/mol. The van der Waals surface area contributed by atoms with Gasteiger partial charge >= 0.3 is 17.9 Å². The number of methoxy groups -OCH3 is 1. The number of allylic oxidation sites excluding steroid dienone is 1. The van der Waals surface area contributed by atoms with Crippen molar-refractivity contribution in [3.63, 3.8) is 0 Å². The highest BCUT2D eigenvalue weighted by molar-refractivity contribution is 5.93. The van der Waals surface area contributed by atoms with Crippen LogP contribution in [0.25, 0.3) is 33.5 Å². The number of benzene rings is 5. The average Bonchev–Trinajstić information content (AvgIpc) is 3.37. The second kappa shape index (κ2) is 28.1. The molecule has 0 atom stereocenters. The van der Waals surface area contributed by atoms with Gasteiger partial charge in [-0.25, -0.2) is 24.4 Å². The summed E-state index contributed by atoms with van der Waals surface area (Å²) in [6.45, 7) is 10.3. The Morgan fingerprint density at radius 3 is 1.55 bits per heavy atom. The highest BCUT2D eigenvalue weighted by Gasteiger charge is 2.18. The van der Waals surface area contributed by atoms with Crippen LogP contribution in [0.1, 0.15) is 78.5 Å². The van der Waals surface area contributed by atoms with Crippen LogP contribution >= 0.6 is 0 Å². The minimum absolute atomic E-state index is 0.305. The summed E-state index contributed by atoms with van der Waals surface area (Å²) in [5.41, 5.74) is 4.18. The first-order valence-corrected chi connectivity index (χ1v) is 23.4. The monoisotopic (exact) mass is 936 g/mol. The van der Waals surface area contributed by atoms with E-state index < -0.39 is 17.9 Å². The molecule has 1 aromatic heterocycles. The first kappa shape index (κ1) is 51.0. The van der Waals surface area contributed by atoms with Crippen molar-refractivity contribution in [2.45, 2.75) is 57.8 Å². The van der Waals surface area contributed by atoms with Gasteiger partial charge in [0.1, 0.15) is 35.4 Å². The molecule has 0 fully saturated rings. The molecule has 69 heavy (non-hydrogen) atoms. The lowest BCUT2D eigenvalue weighted by Gasteiger charge is -2.14. The number of hydrogen-bond donors (Lipinski definition) is 0. The number of fused-ring (bicyclic) bond motifs is 1. The molecule has 360 valence electrons. The Labute approximate surface area is 404 Å². The maximum absolute atomic E-state index is 13.4. The number of carbonyl (C=O) groups excluding carboxylic acids is 3. The van der Waals surface area contributed by atoms with Gasteiger partial charge in [-0.3, -0.25) is 0 Å². The van der Waals surface area contributed by atoms with Gasteiger partial charge in [0.25, 0.3) is 0 Å². The van der Waals surface area contributed by atoms with E-state index in [9.17, 15) is 14.4 Å². The van der Waals surface area contributed by atoms with Gasteiger partial charge in [0.2, 0.25) is 0 Å². The quantitative estimate of drug-likeness (QED) is 0.0139. The van der Waals surface area contributed by atoms with Crippen LogP contribution in [0.15, 0.2) is 141 Å². The van der Waals surface area contributed by atoms with Crippen LogP contribution in [0.4, 0.5) is 0 Å². The highest BCUT2D eigenvalue weighted by atomic mass is 16.6. The van der Waals surface area contributed by atoms with Crippen LogP contribution < -0.4 is 23.7 Å². The first-order chi connectivity index (χ1) is 33.8. The SMILES string of the molecule is C=CCCCCCCOc1ccc(C(=O)Oc2cccc(-c3nc4cc(OCCOCCOC)ccc4nc3-c3cccc(OC(=O)c4ccc(OCCCCCCOC(=O)C=C)cc4)c3)c2)cc1. The lowest BCUT2D eigenvalue weighted by molar-refractivity contribution is -0.137. The topological polar surface area (TPSA) is 151 Å². The van der Waals surface area contributed by atoms with Crippen molar-refractivity contribution < 1.29 is 52.3 Å². The molecule has 1 heterocycles. The summed E-state index contributed by atoms with van der Waals surface area (Å²) in [4.78, 5) is 48.1.